The molecule has 0 fully saturated rings. The van der Waals surface area contributed by atoms with Crippen molar-refractivity contribution in [2.75, 3.05) is 6.61 Å². The molecule has 104 valence electrons. The van der Waals surface area contributed by atoms with E-state index in [1.54, 1.807) is 0 Å². The first-order valence-electron chi connectivity index (χ1n) is 5.65. The monoisotopic (exact) mass is 330 g/mol. The Morgan fingerprint density at radius 3 is 2.42 bits per heavy atom. The van der Waals surface area contributed by atoms with Crippen LogP contribution in [0.2, 0.25) is 0 Å². The molecule has 1 aromatic rings. The lowest BCUT2D eigenvalue weighted by molar-refractivity contribution is -0.139. The maximum absolute atomic E-state index is 11.5. The van der Waals surface area contributed by atoms with Crippen LogP contribution in [0.15, 0.2) is 28.7 Å². The maximum atomic E-state index is 11.5. The van der Waals surface area contributed by atoms with E-state index in [1.807, 2.05) is 24.3 Å². The molecule has 0 radical (unpaired) electrons. The minimum Gasteiger partial charge on any atom is -0.480 e. The molecule has 0 unspecified atom stereocenters. The molecule has 1 aromatic carbocycles. The number of aliphatic hydroxyl groups is 1. The largest absolute Gasteiger partial charge is 0.480 e. The van der Waals surface area contributed by atoms with Gasteiger partial charge in [0.1, 0.15) is 6.04 Å². The number of hydrogen-bond acceptors (Lipinski definition) is 3. The molecule has 0 aliphatic heterocycles. The number of benzene rings is 1. The smallest absolute Gasteiger partial charge is 0.326 e. The van der Waals surface area contributed by atoms with Gasteiger partial charge in [0.25, 0.3) is 0 Å². The number of carbonyl (C=O) groups excluding carboxylic acids is 1. The molecule has 1 atom stereocenters. The van der Waals surface area contributed by atoms with Crippen molar-refractivity contribution in [1.29, 1.82) is 0 Å². The van der Waals surface area contributed by atoms with Crippen LogP contribution in [0.1, 0.15) is 12.0 Å². The average molecular weight is 331 g/mol. The number of amides is 2. The summed E-state index contributed by atoms with van der Waals surface area (Å²) in [5.41, 5.74) is 0.896. The number of halogens is 1. The molecule has 2 amide bonds. The number of carboxylic acid groups (broad SMARTS) is 1. The molecule has 0 saturated carbocycles. The van der Waals surface area contributed by atoms with Gasteiger partial charge < -0.3 is 20.8 Å². The van der Waals surface area contributed by atoms with Gasteiger partial charge in [-0.15, -0.1) is 0 Å². The number of carbonyl (C=O) groups is 2. The SMILES string of the molecule is O=C(NCc1ccc(Br)cc1)N[C@H](CCO)C(=O)O. The second-order valence-corrected chi connectivity index (χ2v) is 4.77. The molecule has 6 nitrogen and oxygen atoms in total. The summed E-state index contributed by atoms with van der Waals surface area (Å²) < 4.78 is 0.939. The molecule has 0 spiro atoms. The number of hydrogen-bond donors (Lipinski definition) is 4. The zero-order valence-electron chi connectivity index (χ0n) is 10.1. The molecule has 7 heteroatoms. The lowest BCUT2D eigenvalue weighted by Crippen LogP contribution is -2.46. The quantitative estimate of drug-likeness (QED) is 0.627. The minimum atomic E-state index is -1.17. The molecule has 0 aliphatic carbocycles. The molecule has 0 saturated heterocycles. The highest BCUT2D eigenvalue weighted by Crippen LogP contribution is 2.10. The summed E-state index contributed by atoms with van der Waals surface area (Å²) in [6, 6.07) is 5.71. The Kier molecular flexibility index (Phi) is 6.31. The molecule has 1 rings (SSSR count). The fourth-order valence-corrected chi connectivity index (χ4v) is 1.64. The van der Waals surface area contributed by atoms with Crippen LogP contribution >= 0.6 is 15.9 Å². The number of urea groups is 1. The van der Waals surface area contributed by atoms with Crippen molar-refractivity contribution in [1.82, 2.24) is 10.6 Å². The summed E-state index contributed by atoms with van der Waals surface area (Å²) in [6.45, 7) is -0.00542. The van der Waals surface area contributed by atoms with Crippen molar-refractivity contribution < 1.29 is 19.8 Å². The third kappa shape index (κ3) is 5.71. The number of nitrogens with one attached hydrogen (secondary N) is 2. The zero-order chi connectivity index (χ0) is 14.3. The van der Waals surface area contributed by atoms with Gasteiger partial charge in [0.05, 0.1) is 0 Å². The predicted molar refractivity (Wildman–Crippen MR) is 72.6 cm³/mol. The Morgan fingerprint density at radius 1 is 1.26 bits per heavy atom. The summed E-state index contributed by atoms with van der Waals surface area (Å²) in [7, 11) is 0. The van der Waals surface area contributed by atoms with E-state index in [-0.39, 0.29) is 13.0 Å². The summed E-state index contributed by atoms with van der Waals surface area (Å²) in [5, 5.41) is 22.3. The van der Waals surface area contributed by atoms with Crippen LogP contribution in [-0.4, -0.2) is 34.9 Å². The Morgan fingerprint density at radius 2 is 1.89 bits per heavy atom. The predicted octanol–water partition coefficient (Wildman–Crippen LogP) is 1.08. The fraction of sp³-hybridized carbons (Fsp3) is 0.333. The van der Waals surface area contributed by atoms with Gasteiger partial charge in [-0.3, -0.25) is 0 Å². The first-order valence-corrected chi connectivity index (χ1v) is 6.44. The zero-order valence-corrected chi connectivity index (χ0v) is 11.7. The van der Waals surface area contributed by atoms with E-state index in [2.05, 4.69) is 26.6 Å². The van der Waals surface area contributed by atoms with Gasteiger partial charge in [0.15, 0.2) is 0 Å². The summed E-state index contributed by atoms with van der Waals surface area (Å²) >= 11 is 3.30. The topological polar surface area (TPSA) is 98.7 Å². The Bertz CT molecular complexity index is 436. The van der Waals surface area contributed by atoms with Crippen LogP contribution in [0.4, 0.5) is 4.79 Å². The lowest BCUT2D eigenvalue weighted by atomic mass is 10.2. The van der Waals surface area contributed by atoms with Crippen molar-refractivity contribution in [2.24, 2.45) is 0 Å². The van der Waals surface area contributed by atoms with Gasteiger partial charge in [0.2, 0.25) is 0 Å². The van der Waals surface area contributed by atoms with E-state index in [9.17, 15) is 9.59 Å². The highest BCUT2D eigenvalue weighted by atomic mass is 79.9. The van der Waals surface area contributed by atoms with Crippen LogP contribution < -0.4 is 10.6 Å². The average Bonchev–Trinajstić information content (AvgIpc) is 2.37. The third-order valence-electron chi connectivity index (χ3n) is 2.39. The van der Waals surface area contributed by atoms with Crippen LogP contribution in [0, 0.1) is 0 Å². The minimum absolute atomic E-state index is 0.0267. The fourth-order valence-electron chi connectivity index (χ4n) is 1.38. The van der Waals surface area contributed by atoms with Gasteiger partial charge >= 0.3 is 12.0 Å². The Balaban J connectivity index is 2.42. The normalized spacial score (nSPS) is 11.7. The van der Waals surface area contributed by atoms with Crippen LogP contribution in [0.25, 0.3) is 0 Å². The highest BCUT2D eigenvalue weighted by Gasteiger charge is 2.18. The maximum Gasteiger partial charge on any atom is 0.326 e. The van der Waals surface area contributed by atoms with Crippen molar-refractivity contribution >= 4 is 27.9 Å². The Hall–Kier alpha value is -1.60. The number of carboxylic acids is 1. The number of rotatable bonds is 6. The van der Waals surface area contributed by atoms with E-state index >= 15 is 0 Å². The van der Waals surface area contributed by atoms with Gasteiger partial charge in [-0.1, -0.05) is 28.1 Å². The molecule has 0 bridgehead atoms. The van der Waals surface area contributed by atoms with Gasteiger partial charge in [-0.05, 0) is 17.7 Å². The van der Waals surface area contributed by atoms with Crippen LogP contribution in [0.5, 0.6) is 0 Å². The first kappa shape index (κ1) is 15.5. The van der Waals surface area contributed by atoms with Crippen molar-refractivity contribution in [2.45, 2.75) is 19.0 Å². The van der Waals surface area contributed by atoms with Crippen molar-refractivity contribution in [3.8, 4) is 0 Å². The molecule has 4 N–H and O–H groups in total. The van der Waals surface area contributed by atoms with Crippen molar-refractivity contribution in [3.05, 3.63) is 34.3 Å². The lowest BCUT2D eigenvalue weighted by Gasteiger charge is -2.14. The number of aliphatic carboxylic acids is 1. The molecule has 0 aromatic heterocycles. The third-order valence-corrected chi connectivity index (χ3v) is 2.92. The van der Waals surface area contributed by atoms with E-state index in [4.69, 9.17) is 10.2 Å². The molecule has 0 aliphatic rings. The first-order chi connectivity index (χ1) is 9.02. The van der Waals surface area contributed by atoms with Gasteiger partial charge in [-0.2, -0.15) is 0 Å². The van der Waals surface area contributed by atoms with Crippen molar-refractivity contribution in [3.63, 3.8) is 0 Å². The standard InChI is InChI=1S/C12H15BrN2O4/c13-9-3-1-8(2-4-9)7-14-12(19)15-10(5-6-16)11(17)18/h1-4,10,16H,5-7H2,(H,17,18)(H2,14,15,19)/t10-/m1/s1. The van der Waals surface area contributed by atoms with E-state index in [1.165, 1.54) is 0 Å². The molecule has 19 heavy (non-hydrogen) atoms. The summed E-state index contributed by atoms with van der Waals surface area (Å²) in [4.78, 5) is 22.3. The molecular weight excluding hydrogens is 316 g/mol. The summed E-state index contributed by atoms with van der Waals surface area (Å²) in [5.74, 6) is -1.17. The Labute approximate surface area is 118 Å². The second-order valence-electron chi connectivity index (χ2n) is 3.86. The van der Waals surface area contributed by atoms with Gasteiger partial charge in [-0.25, -0.2) is 9.59 Å². The molecule has 0 heterocycles. The molecular formula is C12H15BrN2O4. The van der Waals surface area contributed by atoms with E-state index in [0.29, 0.717) is 6.54 Å². The highest BCUT2D eigenvalue weighted by molar-refractivity contribution is 9.10. The second kappa shape index (κ2) is 7.75. The van der Waals surface area contributed by atoms with Gasteiger partial charge in [0, 0.05) is 24.0 Å². The summed E-state index contributed by atoms with van der Waals surface area (Å²) in [6.07, 6.45) is -0.0267. The van der Waals surface area contributed by atoms with E-state index in [0.717, 1.165) is 10.0 Å². The van der Waals surface area contributed by atoms with Crippen LogP contribution in [0.3, 0.4) is 0 Å². The van der Waals surface area contributed by atoms with E-state index < -0.39 is 18.0 Å². The number of aliphatic hydroxyl groups excluding tert-OH is 1. The van der Waals surface area contributed by atoms with Crippen LogP contribution in [-0.2, 0) is 11.3 Å².